The molecular formula is C36H33F2NO9. The molecule has 0 unspecified atom stereocenters. The third kappa shape index (κ3) is 6.66. The second kappa shape index (κ2) is 13.8. The summed E-state index contributed by atoms with van der Waals surface area (Å²) in [5.74, 6) is -2.80. The van der Waals surface area contributed by atoms with E-state index in [4.69, 9.17) is 9.47 Å². The van der Waals surface area contributed by atoms with Gasteiger partial charge in [0.25, 0.3) is 0 Å². The number of carbonyl (C=O) groups excluding carboxylic acids is 1. The first-order chi connectivity index (χ1) is 23.0. The number of amides is 1. The molecule has 8 atom stereocenters. The number of rotatable bonds is 10. The zero-order valence-electron chi connectivity index (χ0n) is 25.3. The van der Waals surface area contributed by atoms with Gasteiger partial charge in [-0.2, -0.15) is 0 Å². The van der Waals surface area contributed by atoms with Gasteiger partial charge in [0.15, 0.2) is 6.10 Å². The molecule has 5 N–H and O–H groups in total. The van der Waals surface area contributed by atoms with E-state index in [2.05, 4.69) is 0 Å². The number of aliphatic hydroxyl groups excluding tert-OH is 4. The topological polar surface area (TPSA) is 157 Å². The Balaban J connectivity index is 1.21. The van der Waals surface area contributed by atoms with Gasteiger partial charge < -0.3 is 39.9 Å². The summed E-state index contributed by atoms with van der Waals surface area (Å²) in [5.41, 5.74) is 3.34. The van der Waals surface area contributed by atoms with E-state index in [1.54, 1.807) is 29.2 Å². The van der Waals surface area contributed by atoms with E-state index >= 15 is 0 Å². The highest BCUT2D eigenvalue weighted by Gasteiger charge is 2.49. The normalized spacial score (nSPS) is 26.1. The fraction of sp³-hybridized carbons (Fsp3) is 0.278. The third-order valence-electron chi connectivity index (χ3n) is 8.81. The maximum Gasteiger partial charge on any atom is 0.335 e. The molecule has 0 spiro atoms. The molecule has 4 aromatic carbocycles. The monoisotopic (exact) mass is 661 g/mol. The zero-order chi connectivity index (χ0) is 34.1. The number of carbonyl (C=O) groups is 2. The van der Waals surface area contributed by atoms with Crippen molar-refractivity contribution in [1.82, 2.24) is 0 Å². The van der Waals surface area contributed by atoms with Gasteiger partial charge in [0, 0.05) is 5.69 Å². The van der Waals surface area contributed by atoms with Crippen LogP contribution in [0.4, 0.5) is 14.5 Å². The summed E-state index contributed by atoms with van der Waals surface area (Å²) in [5, 5.41) is 50.4. The van der Waals surface area contributed by atoms with Gasteiger partial charge in [0.2, 0.25) is 12.2 Å². The summed E-state index contributed by atoms with van der Waals surface area (Å²) in [4.78, 5) is 26.5. The van der Waals surface area contributed by atoms with Crippen molar-refractivity contribution >= 4 is 17.6 Å². The molecular weight excluding hydrogens is 628 g/mol. The molecule has 0 aliphatic carbocycles. The SMILES string of the molecule is O=C(O)[C@@H]1O[C@H](Oc2cccc(-c3ccc([C@@H]4[C@@H](CC[C@H](O)c5ccc(F)cc5)C(=O)N4c4ccc(F)cc4)cc3)c2)[C@@H](O)[C@H](O)[C@H]1O. The first-order valence-electron chi connectivity index (χ1n) is 15.3. The maximum absolute atomic E-state index is 13.7. The van der Waals surface area contributed by atoms with Crippen LogP contribution in [-0.4, -0.2) is 68.1 Å². The minimum atomic E-state index is -1.84. The summed E-state index contributed by atoms with van der Waals surface area (Å²) in [6.07, 6.45) is -8.98. The number of carboxylic acids is 1. The molecule has 4 aromatic rings. The van der Waals surface area contributed by atoms with Crippen molar-refractivity contribution in [2.24, 2.45) is 5.92 Å². The smallest absolute Gasteiger partial charge is 0.335 e. The van der Waals surface area contributed by atoms with Crippen molar-refractivity contribution in [2.75, 3.05) is 4.90 Å². The molecule has 0 radical (unpaired) electrons. The molecule has 12 heteroatoms. The number of halogens is 2. The second-order valence-corrected chi connectivity index (χ2v) is 11.9. The molecule has 2 aliphatic heterocycles. The van der Waals surface area contributed by atoms with E-state index in [1.165, 1.54) is 48.5 Å². The van der Waals surface area contributed by atoms with Gasteiger partial charge in [-0.05, 0) is 83.6 Å². The molecule has 250 valence electrons. The number of ether oxygens (including phenoxy) is 2. The van der Waals surface area contributed by atoms with E-state index in [0.717, 1.165) is 11.1 Å². The Hall–Kier alpha value is -4.72. The Kier molecular flexibility index (Phi) is 9.54. The highest BCUT2D eigenvalue weighted by Crippen LogP contribution is 2.46. The number of hydrogen-bond acceptors (Lipinski definition) is 8. The maximum atomic E-state index is 13.7. The zero-order valence-corrected chi connectivity index (χ0v) is 25.3. The van der Waals surface area contributed by atoms with Crippen LogP contribution in [0.5, 0.6) is 5.75 Å². The number of aliphatic hydroxyl groups is 4. The van der Waals surface area contributed by atoms with Crippen LogP contribution in [0.25, 0.3) is 11.1 Å². The summed E-state index contributed by atoms with van der Waals surface area (Å²) in [6.45, 7) is 0. The average Bonchev–Trinajstić information content (AvgIpc) is 3.08. The van der Waals surface area contributed by atoms with Crippen LogP contribution in [0.15, 0.2) is 97.1 Å². The minimum Gasteiger partial charge on any atom is -0.479 e. The van der Waals surface area contributed by atoms with Gasteiger partial charge in [0.05, 0.1) is 18.1 Å². The summed E-state index contributed by atoms with van der Waals surface area (Å²) in [6, 6.07) is 24.9. The third-order valence-corrected chi connectivity index (χ3v) is 8.81. The van der Waals surface area contributed by atoms with Gasteiger partial charge in [-0.25, -0.2) is 13.6 Å². The van der Waals surface area contributed by atoms with E-state index in [1.807, 2.05) is 24.3 Å². The minimum absolute atomic E-state index is 0.165. The first kappa shape index (κ1) is 33.2. The molecule has 2 fully saturated rings. The molecule has 0 bridgehead atoms. The molecule has 2 saturated heterocycles. The molecule has 48 heavy (non-hydrogen) atoms. The summed E-state index contributed by atoms with van der Waals surface area (Å²) < 4.78 is 38.0. The van der Waals surface area contributed by atoms with Gasteiger partial charge in [-0.1, -0.05) is 48.5 Å². The van der Waals surface area contributed by atoms with E-state index < -0.39 is 66.4 Å². The number of anilines is 1. The second-order valence-electron chi connectivity index (χ2n) is 11.9. The van der Waals surface area contributed by atoms with Crippen molar-refractivity contribution in [3.05, 3.63) is 120 Å². The molecule has 2 heterocycles. The van der Waals surface area contributed by atoms with Gasteiger partial charge in [-0.3, -0.25) is 4.79 Å². The fourth-order valence-corrected chi connectivity index (χ4v) is 6.20. The Morgan fingerprint density at radius 3 is 2.12 bits per heavy atom. The first-order valence-corrected chi connectivity index (χ1v) is 15.3. The average molecular weight is 662 g/mol. The van der Waals surface area contributed by atoms with Crippen LogP contribution in [0.3, 0.4) is 0 Å². The quantitative estimate of drug-likeness (QED) is 0.158. The standard InChI is InChI=1S/C36H33F2NO9/c37-23-10-8-20(9-11-23)28(40)17-16-27-29(39(34(27)44)25-14-12-24(38)13-15-25)21-6-4-19(5-7-21)22-2-1-3-26(18-22)47-36-32(43)30(41)31(42)33(48-36)35(45)46/h1-15,18,27-33,36,40-43H,16-17H2,(H,45,46)/t27-,28+,29-,30-,31-,32+,33-,36+/m1/s1. The van der Waals surface area contributed by atoms with Gasteiger partial charge >= 0.3 is 5.97 Å². The number of hydrogen-bond donors (Lipinski definition) is 5. The van der Waals surface area contributed by atoms with Crippen molar-refractivity contribution in [3.8, 4) is 16.9 Å². The number of aliphatic carboxylic acids is 1. The Labute approximate surface area is 274 Å². The van der Waals surface area contributed by atoms with Crippen molar-refractivity contribution in [1.29, 1.82) is 0 Å². The lowest BCUT2D eigenvalue weighted by Crippen LogP contribution is -2.61. The Morgan fingerprint density at radius 2 is 1.48 bits per heavy atom. The number of β-lactam (4-membered cyclic amide) rings is 1. The highest BCUT2D eigenvalue weighted by molar-refractivity contribution is 6.03. The van der Waals surface area contributed by atoms with Crippen LogP contribution in [-0.2, 0) is 14.3 Å². The number of nitrogens with zero attached hydrogens (tertiary/aromatic N) is 1. The molecule has 0 saturated carbocycles. The van der Waals surface area contributed by atoms with Gasteiger partial charge in [0.1, 0.15) is 35.7 Å². The van der Waals surface area contributed by atoms with Crippen molar-refractivity contribution in [2.45, 2.75) is 55.7 Å². The lowest BCUT2D eigenvalue weighted by molar-refractivity contribution is -0.271. The number of carboxylic acid groups (broad SMARTS) is 1. The van der Waals surface area contributed by atoms with E-state index in [0.29, 0.717) is 23.2 Å². The van der Waals surface area contributed by atoms with Crippen LogP contribution in [0.1, 0.15) is 36.1 Å². The highest BCUT2D eigenvalue weighted by atomic mass is 19.1. The van der Waals surface area contributed by atoms with Crippen LogP contribution in [0, 0.1) is 17.6 Å². The molecule has 10 nitrogen and oxygen atoms in total. The van der Waals surface area contributed by atoms with Crippen LogP contribution in [0.2, 0.25) is 0 Å². The van der Waals surface area contributed by atoms with E-state index in [9.17, 15) is 43.9 Å². The summed E-state index contributed by atoms with van der Waals surface area (Å²) >= 11 is 0. The summed E-state index contributed by atoms with van der Waals surface area (Å²) in [7, 11) is 0. The van der Waals surface area contributed by atoms with E-state index in [-0.39, 0.29) is 18.1 Å². The van der Waals surface area contributed by atoms with Crippen molar-refractivity contribution in [3.63, 3.8) is 0 Å². The predicted molar refractivity (Wildman–Crippen MR) is 168 cm³/mol. The van der Waals surface area contributed by atoms with Crippen LogP contribution < -0.4 is 9.64 Å². The lowest BCUT2D eigenvalue weighted by Gasteiger charge is -2.48. The predicted octanol–water partition coefficient (Wildman–Crippen LogP) is 4.12. The molecule has 2 aliphatic rings. The number of benzene rings is 4. The molecule has 6 rings (SSSR count). The Bertz CT molecular complexity index is 1750. The largest absolute Gasteiger partial charge is 0.479 e. The van der Waals surface area contributed by atoms with Gasteiger partial charge in [-0.15, -0.1) is 0 Å². The Morgan fingerprint density at radius 1 is 0.833 bits per heavy atom. The van der Waals surface area contributed by atoms with Crippen LogP contribution >= 0.6 is 0 Å². The fourth-order valence-electron chi connectivity index (χ4n) is 6.20. The van der Waals surface area contributed by atoms with Crippen molar-refractivity contribution < 1.29 is 53.4 Å². The molecule has 0 aromatic heterocycles. The lowest BCUT2D eigenvalue weighted by atomic mass is 9.78. The molecule has 1 amide bonds.